The van der Waals surface area contributed by atoms with Gasteiger partial charge in [-0.25, -0.2) is 0 Å². The molecule has 1 aromatic heterocycles. The van der Waals surface area contributed by atoms with Crippen LogP contribution in [-0.4, -0.2) is 33.4 Å². The van der Waals surface area contributed by atoms with E-state index in [0.717, 1.165) is 22.4 Å². The van der Waals surface area contributed by atoms with Gasteiger partial charge in [0.1, 0.15) is 10.8 Å². The van der Waals surface area contributed by atoms with Gasteiger partial charge >= 0.3 is 0 Å². The van der Waals surface area contributed by atoms with Gasteiger partial charge in [0.05, 0.1) is 12.2 Å². The molecule has 3 aromatic rings. The van der Waals surface area contributed by atoms with Crippen LogP contribution in [0.4, 0.5) is 0 Å². The highest BCUT2D eigenvalue weighted by Crippen LogP contribution is 2.19. The number of aryl methyl sites for hydroxylation is 1. The van der Waals surface area contributed by atoms with Crippen LogP contribution < -0.4 is 22.1 Å². The monoisotopic (exact) mass is 460 g/mol. The number of hydrogen-bond donors (Lipinski definition) is 2. The number of hydrogen-bond acceptors (Lipinski definition) is 3. The summed E-state index contributed by atoms with van der Waals surface area (Å²) in [4.78, 5) is 32.4. The number of carbonyl (C=O) groups is 1. The molecular weight excluding hydrogens is 424 g/mol. The number of aromatic amines is 1. The third kappa shape index (κ3) is 5.57. The van der Waals surface area contributed by atoms with Crippen molar-refractivity contribution in [1.82, 2.24) is 14.5 Å². The van der Waals surface area contributed by atoms with Crippen LogP contribution in [0.1, 0.15) is 55.6 Å². The lowest BCUT2D eigenvalue weighted by molar-refractivity contribution is 0.0824. The van der Waals surface area contributed by atoms with Crippen molar-refractivity contribution in [1.29, 1.82) is 0 Å². The zero-order chi connectivity index (χ0) is 24.8. The van der Waals surface area contributed by atoms with E-state index < -0.39 is 0 Å². The van der Waals surface area contributed by atoms with Crippen LogP contribution in [0, 0.1) is 12.8 Å². The van der Waals surface area contributed by atoms with E-state index in [4.69, 9.17) is 5.73 Å². The number of nitrogens with two attached hydrogens (primary N) is 1. The fourth-order valence-electron chi connectivity index (χ4n) is 4.08. The predicted octanol–water partition coefficient (Wildman–Crippen LogP) is 2.98. The predicted molar refractivity (Wildman–Crippen MR) is 139 cm³/mol. The number of rotatable bonds is 8. The van der Waals surface area contributed by atoms with Crippen molar-refractivity contribution in [3.05, 3.63) is 92.5 Å². The first-order valence-electron chi connectivity index (χ1n) is 11.9. The van der Waals surface area contributed by atoms with Crippen molar-refractivity contribution in [3.63, 3.8) is 0 Å². The first kappa shape index (κ1) is 25.2. The van der Waals surface area contributed by atoms with E-state index in [9.17, 15) is 9.59 Å². The first-order valence-corrected chi connectivity index (χ1v) is 11.9. The van der Waals surface area contributed by atoms with Crippen LogP contribution >= 0.6 is 0 Å². The zero-order valence-electron chi connectivity index (χ0n) is 20.9. The summed E-state index contributed by atoms with van der Waals surface area (Å²) >= 11 is 0. The zero-order valence-corrected chi connectivity index (χ0v) is 20.9. The second-order valence-electron chi connectivity index (χ2n) is 9.23. The molecule has 3 N–H and O–H groups in total. The molecule has 3 rings (SSSR count). The number of H-pyrrole nitrogens is 1. The minimum absolute atomic E-state index is 0.0164. The van der Waals surface area contributed by atoms with Crippen LogP contribution in [0.3, 0.4) is 0 Å². The van der Waals surface area contributed by atoms with Crippen molar-refractivity contribution in [2.75, 3.05) is 13.1 Å². The molecule has 0 atom stereocenters. The molecular formula is C28H36N4O2. The highest BCUT2D eigenvalue weighted by atomic mass is 16.2. The molecule has 0 fully saturated rings. The molecule has 0 aliphatic carbocycles. The summed E-state index contributed by atoms with van der Waals surface area (Å²) in [6.45, 7) is 11.3. The Bertz CT molecular complexity index is 1300. The Morgan fingerprint density at radius 2 is 1.71 bits per heavy atom. The molecule has 34 heavy (non-hydrogen) atoms. The Morgan fingerprint density at radius 3 is 2.26 bits per heavy atom. The van der Waals surface area contributed by atoms with Gasteiger partial charge in [0.15, 0.2) is 0 Å². The molecule has 0 aliphatic rings. The van der Waals surface area contributed by atoms with Gasteiger partial charge in [-0.2, -0.15) is 0 Å². The third-order valence-corrected chi connectivity index (χ3v) is 5.87. The number of imidazole rings is 1. The SMILES string of the molecule is CC(C)=c1[nH]c(=C(C(C)C)N(CCCN)C(=O)c2ccc(C)cc2)n(Cc2ccccc2)c1=O. The number of nitrogens with zero attached hydrogens (tertiary/aromatic N) is 2. The van der Waals surface area contributed by atoms with E-state index in [2.05, 4.69) is 4.98 Å². The Hall–Kier alpha value is -3.38. The fourth-order valence-corrected chi connectivity index (χ4v) is 4.08. The van der Waals surface area contributed by atoms with Gasteiger partial charge in [0.25, 0.3) is 11.5 Å². The van der Waals surface area contributed by atoms with Gasteiger partial charge in [-0.05, 0) is 62.9 Å². The number of nitrogens with one attached hydrogen (secondary N) is 1. The largest absolute Gasteiger partial charge is 0.336 e. The Labute approximate surface area is 201 Å². The van der Waals surface area contributed by atoms with Gasteiger partial charge in [-0.3, -0.25) is 14.2 Å². The molecule has 0 aliphatic heterocycles. The second kappa shape index (κ2) is 11.2. The number of amides is 1. The molecule has 0 bridgehead atoms. The molecule has 0 saturated carbocycles. The lowest BCUT2D eigenvalue weighted by atomic mass is 10.1. The topological polar surface area (TPSA) is 84.1 Å². The summed E-state index contributed by atoms with van der Waals surface area (Å²) in [5.41, 5.74) is 10.8. The fraction of sp³-hybridized carbons (Fsp3) is 0.357. The minimum Gasteiger partial charge on any atom is -0.336 e. The van der Waals surface area contributed by atoms with Crippen molar-refractivity contribution < 1.29 is 4.79 Å². The lowest BCUT2D eigenvalue weighted by Gasteiger charge is -2.28. The number of aromatic nitrogens is 2. The smallest absolute Gasteiger partial charge is 0.276 e. The highest BCUT2D eigenvalue weighted by molar-refractivity contribution is 5.98. The maximum Gasteiger partial charge on any atom is 0.276 e. The molecule has 6 nitrogen and oxygen atoms in total. The standard InChI is InChI=1S/C28H36N4O2/c1-19(2)24-28(34)32(18-22-10-7-6-8-11-22)26(30-24)25(20(3)4)31(17-9-16-29)27(33)23-14-12-21(5)13-15-23/h6-8,10-15,20,30H,9,16-18,29H2,1-5H3. The van der Waals surface area contributed by atoms with E-state index >= 15 is 0 Å². The highest BCUT2D eigenvalue weighted by Gasteiger charge is 2.24. The minimum atomic E-state index is -0.0933. The quantitative estimate of drug-likeness (QED) is 0.542. The maximum atomic E-state index is 13.7. The summed E-state index contributed by atoms with van der Waals surface area (Å²) in [7, 11) is 0. The summed E-state index contributed by atoms with van der Waals surface area (Å²) in [6.07, 6.45) is 0.656. The molecule has 1 amide bonds. The van der Waals surface area contributed by atoms with Crippen LogP contribution in [0.15, 0.2) is 59.4 Å². The number of benzene rings is 2. The average Bonchev–Trinajstić information content (AvgIpc) is 3.13. The molecule has 180 valence electrons. The number of carbonyl (C=O) groups excluding carboxylic acids is 1. The van der Waals surface area contributed by atoms with Gasteiger partial charge in [-0.15, -0.1) is 0 Å². The molecule has 0 spiro atoms. The third-order valence-electron chi connectivity index (χ3n) is 5.87. The molecule has 0 saturated heterocycles. The van der Waals surface area contributed by atoms with Crippen molar-refractivity contribution in [3.8, 4) is 0 Å². The molecule has 6 heteroatoms. The summed E-state index contributed by atoms with van der Waals surface area (Å²) in [6, 6.07) is 17.5. The van der Waals surface area contributed by atoms with E-state index in [0.29, 0.717) is 42.4 Å². The second-order valence-corrected chi connectivity index (χ2v) is 9.23. The normalized spacial score (nSPS) is 12.1. The van der Waals surface area contributed by atoms with Crippen molar-refractivity contribution >= 4 is 17.2 Å². The van der Waals surface area contributed by atoms with Gasteiger partial charge in [0.2, 0.25) is 0 Å². The van der Waals surface area contributed by atoms with Gasteiger partial charge in [0, 0.05) is 12.1 Å². The molecule has 2 aromatic carbocycles. The van der Waals surface area contributed by atoms with E-state index in [1.54, 1.807) is 9.47 Å². The van der Waals surface area contributed by atoms with Crippen molar-refractivity contribution in [2.45, 2.75) is 47.6 Å². The van der Waals surface area contributed by atoms with Crippen LogP contribution in [0.25, 0.3) is 11.3 Å². The van der Waals surface area contributed by atoms with Crippen LogP contribution in [0.5, 0.6) is 0 Å². The first-order chi connectivity index (χ1) is 16.2. The molecule has 1 heterocycles. The summed E-state index contributed by atoms with van der Waals surface area (Å²) in [5, 5.41) is 0.561. The van der Waals surface area contributed by atoms with Crippen LogP contribution in [0.2, 0.25) is 0 Å². The van der Waals surface area contributed by atoms with Gasteiger partial charge in [-0.1, -0.05) is 61.9 Å². The Morgan fingerprint density at radius 1 is 1.06 bits per heavy atom. The maximum absolute atomic E-state index is 13.7. The Balaban J connectivity index is 2.31. The molecule has 0 radical (unpaired) electrons. The van der Waals surface area contributed by atoms with Crippen molar-refractivity contribution in [2.24, 2.45) is 11.7 Å². The molecule has 0 unspecified atom stereocenters. The van der Waals surface area contributed by atoms with E-state index in [1.807, 2.05) is 89.2 Å². The van der Waals surface area contributed by atoms with E-state index in [1.165, 1.54) is 0 Å². The average molecular weight is 461 g/mol. The van der Waals surface area contributed by atoms with Gasteiger partial charge < -0.3 is 15.6 Å². The van der Waals surface area contributed by atoms with Crippen LogP contribution in [-0.2, 0) is 6.54 Å². The summed E-state index contributed by atoms with van der Waals surface area (Å²) in [5.74, 6) is -0.110. The Kier molecular flexibility index (Phi) is 8.29. The van der Waals surface area contributed by atoms with E-state index in [-0.39, 0.29) is 17.4 Å². The lowest BCUT2D eigenvalue weighted by Crippen LogP contribution is -2.41. The summed E-state index contributed by atoms with van der Waals surface area (Å²) < 4.78 is 1.75.